The van der Waals surface area contributed by atoms with E-state index in [0.29, 0.717) is 11.5 Å². The van der Waals surface area contributed by atoms with Crippen LogP contribution in [-0.2, 0) is 6.42 Å². The highest BCUT2D eigenvalue weighted by Gasteiger charge is 2.25. The first-order chi connectivity index (χ1) is 16.7. The third kappa shape index (κ3) is 3.35. The number of anilines is 1. The number of amides is 1. The number of hydrogen-bond donors (Lipinski definition) is 1. The summed E-state index contributed by atoms with van der Waals surface area (Å²) >= 11 is 0. The van der Waals surface area contributed by atoms with Crippen LogP contribution in [0, 0.1) is 6.92 Å². The summed E-state index contributed by atoms with van der Waals surface area (Å²) in [4.78, 5) is 17.4. The van der Waals surface area contributed by atoms with Crippen molar-refractivity contribution in [2.45, 2.75) is 32.2 Å². The Hall–Kier alpha value is -4.33. The Labute approximate surface area is 196 Å². The Morgan fingerprint density at radius 3 is 2.91 bits per heavy atom. The number of pyridine rings is 1. The average molecular weight is 450 g/mol. The minimum absolute atomic E-state index is 0.0938. The fourth-order valence-electron chi connectivity index (χ4n) is 4.88. The van der Waals surface area contributed by atoms with Crippen molar-refractivity contribution in [3.05, 3.63) is 95.7 Å². The Morgan fingerprint density at radius 2 is 1.97 bits per heavy atom. The van der Waals surface area contributed by atoms with Gasteiger partial charge in [-0.2, -0.15) is 5.10 Å². The van der Waals surface area contributed by atoms with Gasteiger partial charge in [-0.15, -0.1) is 5.10 Å². The van der Waals surface area contributed by atoms with E-state index in [0.717, 1.165) is 35.7 Å². The molecule has 0 spiro atoms. The van der Waals surface area contributed by atoms with Gasteiger partial charge in [0.2, 0.25) is 0 Å². The first-order valence-corrected chi connectivity index (χ1v) is 11.4. The van der Waals surface area contributed by atoms with Gasteiger partial charge in [0, 0.05) is 29.2 Å². The summed E-state index contributed by atoms with van der Waals surface area (Å²) in [5.41, 5.74) is 4.41. The van der Waals surface area contributed by atoms with Gasteiger partial charge in [0.25, 0.3) is 5.91 Å². The quantitative estimate of drug-likeness (QED) is 0.436. The lowest BCUT2D eigenvalue weighted by atomic mass is 9.88. The van der Waals surface area contributed by atoms with E-state index in [9.17, 15) is 4.79 Å². The van der Waals surface area contributed by atoms with Gasteiger partial charge in [-0.25, -0.2) is 9.36 Å². The van der Waals surface area contributed by atoms with Crippen LogP contribution in [0.4, 0.5) is 5.82 Å². The second-order valence-corrected chi connectivity index (χ2v) is 8.53. The third-order valence-electron chi connectivity index (χ3n) is 6.54. The van der Waals surface area contributed by atoms with Crippen LogP contribution in [0.2, 0.25) is 0 Å². The van der Waals surface area contributed by atoms with Gasteiger partial charge >= 0.3 is 0 Å². The van der Waals surface area contributed by atoms with Gasteiger partial charge in [0.05, 0.1) is 23.6 Å². The molecule has 34 heavy (non-hydrogen) atoms. The molecule has 168 valence electrons. The van der Waals surface area contributed by atoms with Crippen molar-refractivity contribution in [2.24, 2.45) is 0 Å². The van der Waals surface area contributed by atoms with Crippen LogP contribution in [-0.4, -0.2) is 35.7 Å². The lowest BCUT2D eigenvalue weighted by Gasteiger charge is -2.27. The Morgan fingerprint density at radius 1 is 1.06 bits per heavy atom. The van der Waals surface area contributed by atoms with E-state index in [2.05, 4.69) is 50.0 Å². The molecule has 1 N–H and O–H groups in total. The van der Waals surface area contributed by atoms with E-state index in [1.165, 1.54) is 11.1 Å². The van der Waals surface area contributed by atoms with Gasteiger partial charge in [-0.3, -0.25) is 9.78 Å². The number of hydrogen-bond acceptors (Lipinski definition) is 5. The Bertz CT molecular complexity index is 1510. The topological polar surface area (TPSA) is 90.5 Å². The number of aromatic nitrogens is 6. The maximum absolute atomic E-state index is 13.2. The summed E-state index contributed by atoms with van der Waals surface area (Å²) in [5, 5.41) is 18.1. The summed E-state index contributed by atoms with van der Waals surface area (Å²) in [6, 6.07) is 18.2. The second-order valence-electron chi connectivity index (χ2n) is 8.53. The molecule has 3 heterocycles. The molecule has 1 atom stereocenters. The summed E-state index contributed by atoms with van der Waals surface area (Å²) in [7, 11) is 0. The Balaban J connectivity index is 1.31. The molecular formula is C26H23N7O. The van der Waals surface area contributed by atoms with Gasteiger partial charge in [-0.1, -0.05) is 41.6 Å². The molecule has 0 fully saturated rings. The standard InChI is InChI=1S/C26H23N7O/c1-17-25(30-31-32(17)22-10-5-8-19-16-27-14-12-21(19)22)26(34)29-24-13-15-28-33(24)23-11-4-7-18-6-2-3-9-20(18)23/h2-3,5-6,8-10,12-16,23H,4,7,11H2,1H3,(H,29,34). The van der Waals surface area contributed by atoms with E-state index in [1.54, 1.807) is 17.1 Å². The molecule has 0 saturated carbocycles. The lowest BCUT2D eigenvalue weighted by molar-refractivity contribution is 0.102. The van der Waals surface area contributed by atoms with Crippen LogP contribution in [0.3, 0.4) is 0 Å². The van der Waals surface area contributed by atoms with E-state index in [4.69, 9.17) is 0 Å². The van der Waals surface area contributed by atoms with Crippen molar-refractivity contribution in [1.82, 2.24) is 29.8 Å². The highest BCUT2D eigenvalue weighted by atomic mass is 16.2. The summed E-state index contributed by atoms with van der Waals surface area (Å²) < 4.78 is 3.61. The van der Waals surface area contributed by atoms with Gasteiger partial charge in [0.15, 0.2) is 5.69 Å². The highest BCUT2D eigenvalue weighted by molar-refractivity contribution is 6.03. The van der Waals surface area contributed by atoms with Crippen LogP contribution in [0.25, 0.3) is 16.5 Å². The fourth-order valence-corrected chi connectivity index (χ4v) is 4.88. The van der Waals surface area contributed by atoms with Crippen molar-refractivity contribution in [3.8, 4) is 5.69 Å². The predicted octanol–water partition coefficient (Wildman–Crippen LogP) is 4.50. The molecule has 1 aliphatic rings. The van der Waals surface area contributed by atoms with E-state index in [1.807, 2.05) is 48.1 Å². The summed E-state index contributed by atoms with van der Waals surface area (Å²) in [5.74, 6) is 0.341. The molecular weight excluding hydrogens is 426 g/mol. The maximum Gasteiger partial charge on any atom is 0.279 e. The monoisotopic (exact) mass is 449 g/mol. The van der Waals surface area contributed by atoms with Crippen LogP contribution >= 0.6 is 0 Å². The summed E-state index contributed by atoms with van der Waals surface area (Å²) in [6.45, 7) is 1.85. The molecule has 8 heteroatoms. The summed E-state index contributed by atoms with van der Waals surface area (Å²) in [6.07, 6.45) is 8.41. The molecule has 0 saturated heterocycles. The highest BCUT2D eigenvalue weighted by Crippen LogP contribution is 2.34. The molecule has 0 bridgehead atoms. The van der Waals surface area contributed by atoms with Gasteiger partial charge in [-0.05, 0) is 49.4 Å². The van der Waals surface area contributed by atoms with Crippen molar-refractivity contribution < 1.29 is 4.79 Å². The van der Waals surface area contributed by atoms with Gasteiger partial charge < -0.3 is 5.32 Å². The first kappa shape index (κ1) is 20.3. The van der Waals surface area contributed by atoms with Crippen molar-refractivity contribution >= 4 is 22.5 Å². The number of fused-ring (bicyclic) bond motifs is 2. The molecule has 2 aromatic carbocycles. The lowest BCUT2D eigenvalue weighted by Crippen LogP contribution is -2.23. The van der Waals surface area contributed by atoms with Crippen LogP contribution in [0.15, 0.2) is 73.2 Å². The maximum atomic E-state index is 13.2. The van der Waals surface area contributed by atoms with Gasteiger partial charge in [0.1, 0.15) is 5.82 Å². The number of aryl methyl sites for hydroxylation is 1. The Kier molecular flexibility index (Phi) is 4.91. The fraction of sp³-hybridized carbons (Fsp3) is 0.192. The third-order valence-corrected chi connectivity index (χ3v) is 6.54. The zero-order valence-electron chi connectivity index (χ0n) is 18.7. The molecule has 8 nitrogen and oxygen atoms in total. The SMILES string of the molecule is Cc1c(C(=O)Nc2ccnn2C2CCCc3ccccc32)nnn1-c1cccc2cnccc12. The molecule has 5 aromatic rings. The molecule has 0 aliphatic heterocycles. The largest absolute Gasteiger partial charge is 0.305 e. The smallest absolute Gasteiger partial charge is 0.279 e. The molecule has 1 amide bonds. The van der Waals surface area contributed by atoms with Crippen molar-refractivity contribution in [3.63, 3.8) is 0 Å². The van der Waals surface area contributed by atoms with Crippen LogP contribution < -0.4 is 5.32 Å². The number of nitrogens with one attached hydrogen (secondary N) is 1. The number of nitrogens with zero attached hydrogens (tertiary/aromatic N) is 6. The molecule has 1 unspecified atom stereocenters. The second kappa shape index (κ2) is 8.22. The molecule has 6 rings (SSSR count). The van der Waals surface area contributed by atoms with E-state index >= 15 is 0 Å². The van der Waals surface area contributed by atoms with Crippen molar-refractivity contribution in [2.75, 3.05) is 5.32 Å². The number of carbonyl (C=O) groups is 1. The number of benzene rings is 2. The first-order valence-electron chi connectivity index (χ1n) is 11.4. The molecule has 0 radical (unpaired) electrons. The molecule has 3 aromatic heterocycles. The van der Waals surface area contributed by atoms with Crippen LogP contribution in [0.5, 0.6) is 0 Å². The van der Waals surface area contributed by atoms with Crippen molar-refractivity contribution in [1.29, 1.82) is 0 Å². The minimum Gasteiger partial charge on any atom is -0.305 e. The van der Waals surface area contributed by atoms with E-state index in [-0.39, 0.29) is 17.6 Å². The van der Waals surface area contributed by atoms with Crippen LogP contribution in [0.1, 0.15) is 46.2 Å². The minimum atomic E-state index is -0.309. The number of carbonyl (C=O) groups excluding carboxylic acids is 1. The van der Waals surface area contributed by atoms with E-state index < -0.39 is 0 Å². The average Bonchev–Trinajstić information content (AvgIpc) is 3.49. The molecule has 1 aliphatic carbocycles. The zero-order valence-corrected chi connectivity index (χ0v) is 18.7. The predicted molar refractivity (Wildman–Crippen MR) is 129 cm³/mol. The normalized spacial score (nSPS) is 15.3. The zero-order chi connectivity index (χ0) is 23.1. The number of rotatable bonds is 4.